The lowest BCUT2D eigenvalue weighted by atomic mass is 9.87. The molecule has 0 aliphatic heterocycles. The lowest BCUT2D eigenvalue weighted by molar-refractivity contribution is -0.139. The predicted molar refractivity (Wildman–Crippen MR) is 41.2 cm³/mol. The highest BCUT2D eigenvalue weighted by molar-refractivity contribution is 5.72. The number of hydrogen-bond acceptors (Lipinski definition) is 3. The molecule has 0 spiro atoms. The second-order valence-electron chi connectivity index (χ2n) is 3.15. The Hall–Kier alpha value is -0.610. The Bertz CT molecular complexity index is 155. The minimum absolute atomic E-state index is 0.272. The first-order valence-electron chi connectivity index (χ1n) is 3.84. The van der Waals surface area contributed by atoms with Gasteiger partial charge >= 0.3 is 5.97 Å². The van der Waals surface area contributed by atoms with Crippen LogP contribution in [0.1, 0.15) is 19.8 Å². The van der Waals surface area contributed by atoms with Gasteiger partial charge in [-0.15, -0.1) is 0 Å². The molecule has 4 nitrogen and oxygen atoms in total. The Morgan fingerprint density at radius 2 is 2.27 bits per heavy atom. The van der Waals surface area contributed by atoms with Crippen molar-refractivity contribution >= 4 is 5.97 Å². The van der Waals surface area contributed by atoms with E-state index < -0.39 is 12.0 Å². The monoisotopic (exact) mass is 158 g/mol. The summed E-state index contributed by atoms with van der Waals surface area (Å²) in [5.41, 5.74) is 5.53. The van der Waals surface area contributed by atoms with Crippen LogP contribution in [0, 0.1) is 0 Å². The molecule has 4 N–H and O–H groups in total. The van der Waals surface area contributed by atoms with Crippen LogP contribution in [0.25, 0.3) is 0 Å². The smallest absolute Gasteiger partial charge is 0.320 e. The van der Waals surface area contributed by atoms with Gasteiger partial charge in [0.2, 0.25) is 0 Å². The Balaban J connectivity index is 2.16. The number of nitrogens with two attached hydrogens (primary N) is 1. The highest BCUT2D eigenvalue weighted by Gasteiger charge is 2.28. The molecule has 1 unspecified atom stereocenters. The lowest BCUT2D eigenvalue weighted by Gasteiger charge is -2.34. The first-order valence-corrected chi connectivity index (χ1v) is 3.84. The van der Waals surface area contributed by atoms with Crippen molar-refractivity contribution in [3.63, 3.8) is 0 Å². The number of carbonyl (C=O) groups is 1. The summed E-state index contributed by atoms with van der Waals surface area (Å²) < 4.78 is 0. The third kappa shape index (κ3) is 2.17. The van der Waals surface area contributed by atoms with Gasteiger partial charge < -0.3 is 16.2 Å². The largest absolute Gasteiger partial charge is 0.480 e. The van der Waals surface area contributed by atoms with Gasteiger partial charge in [0, 0.05) is 12.1 Å². The van der Waals surface area contributed by atoms with Crippen molar-refractivity contribution in [2.24, 2.45) is 5.73 Å². The van der Waals surface area contributed by atoms with E-state index in [9.17, 15) is 4.79 Å². The quantitative estimate of drug-likeness (QED) is 0.519. The zero-order valence-corrected chi connectivity index (χ0v) is 6.58. The molecule has 4 heteroatoms. The first-order chi connectivity index (χ1) is 5.09. The van der Waals surface area contributed by atoms with Crippen molar-refractivity contribution in [2.45, 2.75) is 37.9 Å². The Morgan fingerprint density at radius 1 is 1.73 bits per heavy atom. The van der Waals surface area contributed by atoms with Crippen LogP contribution in [-0.2, 0) is 4.79 Å². The van der Waals surface area contributed by atoms with Crippen LogP contribution in [0.3, 0.4) is 0 Å². The molecule has 1 aliphatic rings. The van der Waals surface area contributed by atoms with Crippen molar-refractivity contribution in [1.82, 2.24) is 5.32 Å². The fraction of sp³-hybridized carbons (Fsp3) is 0.857. The predicted octanol–water partition coefficient (Wildman–Crippen LogP) is -0.461. The maximum atomic E-state index is 10.4. The molecule has 1 atom stereocenters. The normalized spacial score (nSPS) is 32.5. The summed E-state index contributed by atoms with van der Waals surface area (Å²) in [6.07, 6.45) is 1.80. The maximum Gasteiger partial charge on any atom is 0.320 e. The van der Waals surface area contributed by atoms with E-state index >= 15 is 0 Å². The molecule has 0 saturated heterocycles. The number of aliphatic carboxylic acids is 1. The molecule has 0 aromatic carbocycles. The Labute approximate surface area is 65.8 Å². The van der Waals surface area contributed by atoms with Gasteiger partial charge in [0.1, 0.15) is 6.04 Å². The molecule has 0 radical (unpaired) electrons. The van der Waals surface area contributed by atoms with Gasteiger partial charge in [0.05, 0.1) is 0 Å². The fourth-order valence-corrected chi connectivity index (χ4v) is 1.22. The second kappa shape index (κ2) is 3.19. The number of carboxylic acids is 1. The number of rotatable bonds is 3. The van der Waals surface area contributed by atoms with Crippen molar-refractivity contribution in [1.29, 1.82) is 0 Å². The summed E-state index contributed by atoms with van der Waals surface area (Å²) in [4.78, 5) is 10.4. The summed E-state index contributed by atoms with van der Waals surface area (Å²) in [5.74, 6) is -0.800. The van der Waals surface area contributed by atoms with Gasteiger partial charge in [-0.2, -0.15) is 0 Å². The lowest BCUT2D eigenvalue weighted by Crippen LogP contribution is -2.52. The average molecular weight is 158 g/mol. The maximum absolute atomic E-state index is 10.4. The molecular formula is C7H14N2O2. The van der Waals surface area contributed by atoms with Crippen LogP contribution in [0.2, 0.25) is 0 Å². The molecule has 1 rings (SSSR count). The van der Waals surface area contributed by atoms with Gasteiger partial charge in [-0.05, 0) is 19.8 Å². The highest BCUT2D eigenvalue weighted by Crippen LogP contribution is 2.17. The first kappa shape index (κ1) is 8.49. The summed E-state index contributed by atoms with van der Waals surface area (Å²) in [6, 6.07) is 0.136. The van der Waals surface area contributed by atoms with E-state index in [-0.39, 0.29) is 6.04 Å². The molecule has 1 fully saturated rings. The van der Waals surface area contributed by atoms with E-state index in [1.807, 2.05) is 0 Å². The number of hydrogen-bond donors (Lipinski definition) is 3. The van der Waals surface area contributed by atoms with Crippen LogP contribution < -0.4 is 11.1 Å². The minimum Gasteiger partial charge on any atom is -0.480 e. The van der Waals surface area contributed by atoms with Crippen molar-refractivity contribution < 1.29 is 9.90 Å². The van der Waals surface area contributed by atoms with E-state index in [4.69, 9.17) is 10.8 Å². The molecule has 1 saturated carbocycles. The molecule has 0 amide bonds. The molecule has 0 heterocycles. The van der Waals surface area contributed by atoms with Crippen molar-refractivity contribution in [3.05, 3.63) is 0 Å². The Morgan fingerprint density at radius 3 is 2.64 bits per heavy atom. The molecule has 0 aromatic heterocycles. The van der Waals surface area contributed by atoms with Gasteiger partial charge in [-0.3, -0.25) is 4.79 Å². The molecule has 11 heavy (non-hydrogen) atoms. The standard InChI is InChI=1S/C7H14N2O2/c1-4(7(10)11)9-6-2-5(8)3-6/h4-6,9H,2-3,8H2,1H3,(H,10,11). The zero-order chi connectivity index (χ0) is 8.43. The number of nitrogens with one attached hydrogen (secondary N) is 1. The van der Waals surface area contributed by atoms with Gasteiger partial charge in [0.25, 0.3) is 0 Å². The van der Waals surface area contributed by atoms with E-state index in [0.717, 1.165) is 12.8 Å². The van der Waals surface area contributed by atoms with E-state index in [2.05, 4.69) is 5.32 Å². The highest BCUT2D eigenvalue weighted by atomic mass is 16.4. The third-order valence-corrected chi connectivity index (χ3v) is 2.03. The topological polar surface area (TPSA) is 75.3 Å². The Kier molecular flexibility index (Phi) is 2.46. The zero-order valence-electron chi connectivity index (χ0n) is 6.58. The summed E-state index contributed by atoms with van der Waals surface area (Å²) in [6.45, 7) is 1.65. The minimum atomic E-state index is -0.800. The van der Waals surface area contributed by atoms with Gasteiger partial charge in [-0.25, -0.2) is 0 Å². The van der Waals surface area contributed by atoms with E-state index in [1.165, 1.54) is 0 Å². The van der Waals surface area contributed by atoms with Crippen LogP contribution in [-0.4, -0.2) is 29.2 Å². The summed E-state index contributed by atoms with van der Waals surface area (Å²) >= 11 is 0. The van der Waals surface area contributed by atoms with Crippen LogP contribution in [0.4, 0.5) is 0 Å². The van der Waals surface area contributed by atoms with Crippen LogP contribution in [0.15, 0.2) is 0 Å². The molecule has 1 aliphatic carbocycles. The summed E-state index contributed by atoms with van der Waals surface area (Å²) in [5, 5.41) is 11.5. The average Bonchev–Trinajstić information content (AvgIpc) is 1.84. The molecular weight excluding hydrogens is 144 g/mol. The summed E-state index contributed by atoms with van der Waals surface area (Å²) in [7, 11) is 0. The van der Waals surface area contributed by atoms with E-state index in [0.29, 0.717) is 6.04 Å². The van der Waals surface area contributed by atoms with Gasteiger partial charge in [-0.1, -0.05) is 0 Å². The van der Waals surface area contributed by atoms with Crippen LogP contribution in [0.5, 0.6) is 0 Å². The SMILES string of the molecule is CC(NC1CC(N)C1)C(=O)O. The van der Waals surface area contributed by atoms with Gasteiger partial charge in [0.15, 0.2) is 0 Å². The molecule has 0 aromatic rings. The van der Waals surface area contributed by atoms with Crippen molar-refractivity contribution in [2.75, 3.05) is 0 Å². The fourth-order valence-electron chi connectivity index (χ4n) is 1.22. The second-order valence-corrected chi connectivity index (χ2v) is 3.15. The van der Waals surface area contributed by atoms with Crippen LogP contribution >= 0.6 is 0 Å². The van der Waals surface area contributed by atoms with E-state index in [1.54, 1.807) is 6.92 Å². The molecule has 0 bridgehead atoms. The third-order valence-electron chi connectivity index (χ3n) is 2.03. The number of carboxylic acid groups (broad SMARTS) is 1. The van der Waals surface area contributed by atoms with Crippen molar-refractivity contribution in [3.8, 4) is 0 Å². The molecule has 64 valence electrons.